The van der Waals surface area contributed by atoms with E-state index in [0.717, 1.165) is 12.8 Å². The lowest BCUT2D eigenvalue weighted by molar-refractivity contribution is -0.310. The van der Waals surface area contributed by atoms with Gasteiger partial charge in [-0.15, -0.1) is 0 Å². The average molecular weight is 365 g/mol. The minimum Gasteiger partial charge on any atom is -0.550 e. The molecule has 2 fully saturated rings. The molecular formula is C17H21N2O5S-. The maximum absolute atomic E-state index is 12.7. The zero-order chi connectivity index (χ0) is 18.2. The molecule has 2 aliphatic rings. The predicted molar refractivity (Wildman–Crippen MR) is 89.1 cm³/mol. The van der Waals surface area contributed by atoms with E-state index in [1.807, 2.05) is 0 Å². The zero-order valence-electron chi connectivity index (χ0n) is 14.1. The molecule has 8 heteroatoms. The van der Waals surface area contributed by atoms with Crippen LogP contribution in [0.15, 0.2) is 29.2 Å². The second kappa shape index (κ2) is 6.76. The molecule has 0 aliphatic carbocycles. The Morgan fingerprint density at radius 2 is 1.76 bits per heavy atom. The highest BCUT2D eigenvalue weighted by Gasteiger charge is 2.32. The maximum Gasteiger partial charge on any atom is 0.243 e. The maximum atomic E-state index is 12.7. The van der Waals surface area contributed by atoms with Gasteiger partial charge in [-0.05, 0) is 43.0 Å². The molecule has 1 aromatic carbocycles. The molecule has 0 unspecified atom stereocenters. The number of carbonyl (C=O) groups is 2. The number of amides is 1. The van der Waals surface area contributed by atoms with Crippen LogP contribution in [0.3, 0.4) is 0 Å². The molecule has 1 amide bonds. The van der Waals surface area contributed by atoms with Crippen molar-refractivity contribution in [1.29, 1.82) is 0 Å². The minimum atomic E-state index is -3.54. The highest BCUT2D eigenvalue weighted by Crippen LogP contribution is 2.28. The lowest BCUT2D eigenvalue weighted by Gasteiger charge is -2.29. The van der Waals surface area contributed by atoms with Gasteiger partial charge in [0, 0.05) is 43.6 Å². The molecule has 2 heterocycles. The molecule has 0 saturated carbocycles. The number of anilines is 1. The van der Waals surface area contributed by atoms with Crippen LogP contribution in [0.25, 0.3) is 0 Å². The molecule has 25 heavy (non-hydrogen) atoms. The van der Waals surface area contributed by atoms with E-state index in [0.29, 0.717) is 24.7 Å². The summed E-state index contributed by atoms with van der Waals surface area (Å²) < 4.78 is 26.9. The molecular weight excluding hydrogens is 344 g/mol. The predicted octanol–water partition coefficient (Wildman–Crippen LogP) is 0.210. The van der Waals surface area contributed by atoms with Crippen molar-refractivity contribution in [3.05, 3.63) is 24.3 Å². The highest BCUT2D eigenvalue weighted by molar-refractivity contribution is 7.89. The van der Waals surface area contributed by atoms with Gasteiger partial charge in [0.1, 0.15) is 0 Å². The van der Waals surface area contributed by atoms with Gasteiger partial charge in [-0.2, -0.15) is 4.31 Å². The van der Waals surface area contributed by atoms with Crippen molar-refractivity contribution in [2.75, 3.05) is 24.5 Å². The summed E-state index contributed by atoms with van der Waals surface area (Å²) in [5.41, 5.74) is 0.500. The second-order valence-electron chi connectivity index (χ2n) is 6.80. The monoisotopic (exact) mass is 365 g/mol. The molecule has 1 atom stereocenters. The lowest BCUT2D eigenvalue weighted by atomic mass is 10.0. The standard InChI is InChI=1S/C17H22N2O5S/c1-12-6-8-18(9-7-12)25(23,24)15-4-2-14(3-5-15)19-11-13(17(21)22)10-16(19)20/h2-5,12-13H,6-11H2,1H3,(H,21,22)/p-1/t13-/m0/s1. The number of hydrogen-bond donors (Lipinski definition) is 0. The molecule has 0 radical (unpaired) electrons. The summed E-state index contributed by atoms with van der Waals surface area (Å²) in [6.45, 7) is 3.20. The fourth-order valence-electron chi connectivity index (χ4n) is 3.29. The van der Waals surface area contributed by atoms with Gasteiger partial charge in [0.2, 0.25) is 15.9 Å². The molecule has 0 N–H and O–H groups in total. The first kappa shape index (κ1) is 17.9. The number of piperidine rings is 1. The highest BCUT2D eigenvalue weighted by atomic mass is 32.2. The van der Waals surface area contributed by atoms with E-state index in [9.17, 15) is 23.1 Å². The topological polar surface area (TPSA) is 97.8 Å². The Morgan fingerprint density at radius 3 is 2.28 bits per heavy atom. The van der Waals surface area contributed by atoms with Gasteiger partial charge < -0.3 is 14.8 Å². The van der Waals surface area contributed by atoms with E-state index in [2.05, 4.69) is 6.92 Å². The van der Waals surface area contributed by atoms with E-state index in [1.165, 1.54) is 21.3 Å². The Balaban J connectivity index is 1.76. The van der Waals surface area contributed by atoms with Crippen LogP contribution in [0.5, 0.6) is 0 Å². The fraction of sp³-hybridized carbons (Fsp3) is 0.529. The molecule has 0 spiro atoms. The fourth-order valence-corrected chi connectivity index (χ4v) is 4.76. The summed E-state index contributed by atoms with van der Waals surface area (Å²) in [4.78, 5) is 24.4. The number of rotatable bonds is 4. The molecule has 2 saturated heterocycles. The van der Waals surface area contributed by atoms with Gasteiger partial charge in [-0.3, -0.25) is 4.79 Å². The Bertz CT molecular complexity index is 767. The van der Waals surface area contributed by atoms with E-state index < -0.39 is 21.9 Å². The third kappa shape index (κ3) is 3.55. The molecule has 7 nitrogen and oxygen atoms in total. The largest absolute Gasteiger partial charge is 0.550 e. The van der Waals surface area contributed by atoms with Gasteiger partial charge in [0.25, 0.3) is 0 Å². The average Bonchev–Trinajstić information content (AvgIpc) is 2.97. The molecule has 2 aliphatic heterocycles. The molecule has 0 aromatic heterocycles. The van der Waals surface area contributed by atoms with Crippen molar-refractivity contribution >= 4 is 27.6 Å². The zero-order valence-corrected chi connectivity index (χ0v) is 14.9. The number of carboxylic acid groups (broad SMARTS) is 1. The molecule has 136 valence electrons. The van der Waals surface area contributed by atoms with E-state index in [1.54, 1.807) is 12.1 Å². The van der Waals surface area contributed by atoms with Gasteiger partial charge in [0.05, 0.1) is 4.90 Å². The Morgan fingerprint density at radius 1 is 1.16 bits per heavy atom. The molecule has 1 aromatic rings. The van der Waals surface area contributed by atoms with Crippen LogP contribution in [0.1, 0.15) is 26.2 Å². The van der Waals surface area contributed by atoms with Crippen LogP contribution >= 0.6 is 0 Å². The van der Waals surface area contributed by atoms with Crippen LogP contribution < -0.4 is 10.0 Å². The number of carboxylic acids is 1. The minimum absolute atomic E-state index is 0.0529. The van der Waals surface area contributed by atoms with Crippen LogP contribution in [-0.4, -0.2) is 44.2 Å². The van der Waals surface area contributed by atoms with Crippen LogP contribution in [0.4, 0.5) is 5.69 Å². The van der Waals surface area contributed by atoms with Crippen LogP contribution in [0.2, 0.25) is 0 Å². The Hall–Kier alpha value is -1.93. The summed E-state index contributed by atoms with van der Waals surface area (Å²) in [6.07, 6.45) is 1.61. The number of carbonyl (C=O) groups excluding carboxylic acids is 2. The van der Waals surface area contributed by atoms with Gasteiger partial charge in [0.15, 0.2) is 0 Å². The van der Waals surface area contributed by atoms with Crippen molar-refractivity contribution in [3.8, 4) is 0 Å². The van der Waals surface area contributed by atoms with Crippen molar-refractivity contribution in [3.63, 3.8) is 0 Å². The molecule has 3 rings (SSSR count). The first-order chi connectivity index (χ1) is 11.8. The smallest absolute Gasteiger partial charge is 0.243 e. The first-order valence-corrected chi connectivity index (χ1v) is 9.84. The molecule has 0 bridgehead atoms. The van der Waals surface area contributed by atoms with Crippen molar-refractivity contribution < 1.29 is 23.1 Å². The third-order valence-corrected chi connectivity index (χ3v) is 6.90. The van der Waals surface area contributed by atoms with E-state index in [4.69, 9.17) is 0 Å². The summed E-state index contributed by atoms with van der Waals surface area (Å²) in [6, 6.07) is 6.05. The van der Waals surface area contributed by atoms with Crippen LogP contribution in [0, 0.1) is 11.8 Å². The number of hydrogen-bond acceptors (Lipinski definition) is 5. The van der Waals surface area contributed by atoms with Crippen molar-refractivity contribution in [2.24, 2.45) is 11.8 Å². The third-order valence-electron chi connectivity index (χ3n) is 4.99. The summed E-state index contributed by atoms with van der Waals surface area (Å²) in [5.74, 6) is -1.83. The summed E-state index contributed by atoms with van der Waals surface area (Å²) in [7, 11) is -3.54. The van der Waals surface area contributed by atoms with Crippen molar-refractivity contribution in [1.82, 2.24) is 4.31 Å². The van der Waals surface area contributed by atoms with Gasteiger partial charge in [-0.25, -0.2) is 8.42 Å². The lowest BCUT2D eigenvalue weighted by Crippen LogP contribution is -2.37. The Kier molecular flexibility index (Phi) is 4.83. The number of nitrogens with zero attached hydrogens (tertiary/aromatic N) is 2. The quantitative estimate of drug-likeness (QED) is 0.760. The van der Waals surface area contributed by atoms with E-state index >= 15 is 0 Å². The number of benzene rings is 1. The van der Waals surface area contributed by atoms with Gasteiger partial charge >= 0.3 is 0 Å². The number of aliphatic carboxylic acids is 1. The first-order valence-electron chi connectivity index (χ1n) is 8.40. The SMILES string of the molecule is CC1CCN(S(=O)(=O)c2ccc(N3C[C@@H](C(=O)[O-])CC3=O)cc2)CC1. The summed E-state index contributed by atoms with van der Waals surface area (Å²) >= 11 is 0. The van der Waals surface area contributed by atoms with Crippen LogP contribution in [-0.2, 0) is 19.6 Å². The number of sulfonamides is 1. The van der Waals surface area contributed by atoms with Crippen molar-refractivity contribution in [2.45, 2.75) is 31.1 Å². The summed E-state index contributed by atoms with van der Waals surface area (Å²) in [5, 5.41) is 10.9. The van der Waals surface area contributed by atoms with E-state index in [-0.39, 0.29) is 23.8 Å². The Labute approximate surface area is 147 Å². The second-order valence-corrected chi connectivity index (χ2v) is 8.74. The normalized spacial score (nSPS) is 23.2. The van der Waals surface area contributed by atoms with Gasteiger partial charge in [-0.1, -0.05) is 6.92 Å².